The lowest BCUT2D eigenvalue weighted by atomic mass is 9.89. The summed E-state index contributed by atoms with van der Waals surface area (Å²) in [6, 6.07) is 9.29. The molecule has 2 atom stereocenters. The molecule has 2 fully saturated rings. The maximum absolute atomic E-state index is 13.3. The summed E-state index contributed by atoms with van der Waals surface area (Å²) < 4.78 is 5.23. The fourth-order valence-electron chi connectivity index (χ4n) is 4.07. The van der Waals surface area contributed by atoms with E-state index in [1.54, 1.807) is 0 Å². The zero-order valence-electron chi connectivity index (χ0n) is 16.8. The quantitative estimate of drug-likeness (QED) is 0.560. The number of hydrogen-bond donors (Lipinski definition) is 0. The molecule has 1 heterocycles. The van der Waals surface area contributed by atoms with E-state index in [0.29, 0.717) is 5.92 Å². The van der Waals surface area contributed by atoms with E-state index < -0.39 is 6.09 Å². The molecular weight excluding hydrogens is 350 g/mol. The van der Waals surface area contributed by atoms with Crippen LogP contribution in [0.5, 0.6) is 0 Å². The normalized spacial score (nSPS) is 21.0. The van der Waals surface area contributed by atoms with Crippen LogP contribution in [0.25, 0.3) is 0 Å². The van der Waals surface area contributed by atoms with Crippen LogP contribution in [0.4, 0.5) is 4.79 Å². The summed E-state index contributed by atoms with van der Waals surface area (Å²) in [6.07, 6.45) is 12.4. The molecule has 0 unspecified atom stereocenters. The van der Waals surface area contributed by atoms with Crippen LogP contribution in [0, 0.1) is 11.8 Å². The van der Waals surface area contributed by atoms with E-state index in [4.69, 9.17) is 4.74 Å². The van der Waals surface area contributed by atoms with Gasteiger partial charge in [0, 0.05) is 0 Å². The summed E-state index contributed by atoms with van der Waals surface area (Å²) in [6.45, 7) is 2.33. The van der Waals surface area contributed by atoms with Gasteiger partial charge in [-0.3, -0.25) is 4.79 Å². The van der Waals surface area contributed by atoms with Gasteiger partial charge in [0.25, 0.3) is 0 Å². The molecule has 150 valence electrons. The third kappa shape index (κ3) is 5.14. The lowest BCUT2D eigenvalue weighted by Gasteiger charge is -2.23. The number of amides is 2. The minimum Gasteiger partial charge on any atom is -0.446 e. The molecule has 1 aliphatic heterocycles. The van der Waals surface area contributed by atoms with Crippen LogP contribution in [-0.4, -0.2) is 23.5 Å². The molecule has 1 aliphatic carbocycles. The second-order valence-electron chi connectivity index (χ2n) is 7.86. The van der Waals surface area contributed by atoms with Crippen molar-refractivity contribution in [1.82, 2.24) is 4.90 Å². The third-order valence-electron chi connectivity index (χ3n) is 5.76. The number of hydrogen-bond acceptors (Lipinski definition) is 3. The Morgan fingerprint density at radius 2 is 2.00 bits per heavy atom. The lowest BCUT2D eigenvalue weighted by molar-refractivity contribution is -0.132. The van der Waals surface area contributed by atoms with Gasteiger partial charge in [-0.15, -0.1) is 5.73 Å². The summed E-state index contributed by atoms with van der Waals surface area (Å²) in [5.41, 5.74) is 4.22. The van der Waals surface area contributed by atoms with E-state index in [1.165, 1.54) is 37.0 Å². The number of carbonyl (C=O) groups is 2. The Kier molecular flexibility index (Phi) is 7.50. The van der Waals surface area contributed by atoms with Gasteiger partial charge in [0.1, 0.15) is 12.6 Å². The smallest absolute Gasteiger partial charge is 0.417 e. The van der Waals surface area contributed by atoms with Crippen molar-refractivity contribution in [3.63, 3.8) is 0 Å². The van der Waals surface area contributed by atoms with Gasteiger partial charge in [-0.1, -0.05) is 69.4 Å². The number of imide groups is 1. The van der Waals surface area contributed by atoms with Gasteiger partial charge in [-0.2, -0.15) is 0 Å². The fraction of sp³-hybridized carbons (Fsp3) is 0.542. The van der Waals surface area contributed by atoms with Gasteiger partial charge in [0.05, 0.1) is 5.92 Å². The zero-order valence-corrected chi connectivity index (χ0v) is 16.8. The van der Waals surface area contributed by atoms with E-state index in [1.807, 2.05) is 36.4 Å². The zero-order chi connectivity index (χ0) is 19.8. The van der Waals surface area contributed by atoms with Crippen molar-refractivity contribution in [2.75, 3.05) is 6.61 Å². The van der Waals surface area contributed by atoms with E-state index >= 15 is 0 Å². The first kappa shape index (κ1) is 20.4. The maximum Gasteiger partial charge on any atom is 0.417 e. The van der Waals surface area contributed by atoms with Crippen LogP contribution in [-0.2, 0) is 9.53 Å². The molecule has 0 spiro atoms. The Bertz CT molecular complexity index is 715. The SMILES string of the molecule is CCCC[C@H](C=C=CC1CCCCC1)C(=O)N1C(=O)OC[C@@H]1c1ccccc1. The largest absolute Gasteiger partial charge is 0.446 e. The minimum absolute atomic E-state index is 0.172. The van der Waals surface area contributed by atoms with Gasteiger partial charge in [0.15, 0.2) is 0 Å². The summed E-state index contributed by atoms with van der Waals surface area (Å²) in [5, 5.41) is 0. The number of unbranched alkanes of at least 4 members (excludes halogenated alkanes) is 1. The van der Waals surface area contributed by atoms with Gasteiger partial charge in [-0.05, 0) is 42.9 Å². The topological polar surface area (TPSA) is 46.6 Å². The molecule has 2 amide bonds. The first-order chi connectivity index (χ1) is 13.7. The summed E-state index contributed by atoms with van der Waals surface area (Å²) in [5.74, 6) is 0.0618. The predicted molar refractivity (Wildman–Crippen MR) is 110 cm³/mol. The highest BCUT2D eigenvalue weighted by Gasteiger charge is 2.40. The second kappa shape index (κ2) is 10.3. The van der Waals surface area contributed by atoms with Crippen LogP contribution < -0.4 is 0 Å². The number of ether oxygens (including phenoxy) is 1. The number of benzene rings is 1. The van der Waals surface area contributed by atoms with Crippen molar-refractivity contribution < 1.29 is 14.3 Å². The number of cyclic esters (lactones) is 1. The molecule has 0 bridgehead atoms. The van der Waals surface area contributed by atoms with Gasteiger partial charge >= 0.3 is 6.09 Å². The molecule has 3 rings (SSSR count). The summed E-state index contributed by atoms with van der Waals surface area (Å²) >= 11 is 0. The van der Waals surface area contributed by atoms with Crippen LogP contribution in [0.3, 0.4) is 0 Å². The Hall–Kier alpha value is -2.32. The van der Waals surface area contributed by atoms with Crippen molar-refractivity contribution in [2.45, 2.75) is 64.3 Å². The van der Waals surface area contributed by atoms with E-state index in [0.717, 1.165) is 24.8 Å². The molecule has 4 heteroatoms. The van der Waals surface area contributed by atoms with Crippen molar-refractivity contribution in [3.05, 3.63) is 53.8 Å². The molecule has 28 heavy (non-hydrogen) atoms. The van der Waals surface area contributed by atoms with Crippen LogP contribution >= 0.6 is 0 Å². The Labute approximate surface area is 168 Å². The van der Waals surface area contributed by atoms with Gasteiger partial charge in [0.2, 0.25) is 5.91 Å². The Morgan fingerprint density at radius 3 is 2.71 bits per heavy atom. The molecule has 4 nitrogen and oxygen atoms in total. The predicted octanol–water partition coefficient (Wildman–Crippen LogP) is 5.80. The van der Waals surface area contributed by atoms with E-state index in [2.05, 4.69) is 18.7 Å². The highest BCUT2D eigenvalue weighted by molar-refractivity contribution is 5.95. The summed E-state index contributed by atoms with van der Waals surface area (Å²) in [7, 11) is 0. The maximum atomic E-state index is 13.3. The molecule has 1 aromatic rings. The second-order valence-corrected chi connectivity index (χ2v) is 7.86. The first-order valence-electron chi connectivity index (χ1n) is 10.7. The highest BCUT2D eigenvalue weighted by Crippen LogP contribution is 2.30. The highest BCUT2D eigenvalue weighted by atomic mass is 16.6. The van der Waals surface area contributed by atoms with Crippen LogP contribution in [0.2, 0.25) is 0 Å². The van der Waals surface area contributed by atoms with Crippen LogP contribution in [0.1, 0.15) is 69.9 Å². The molecule has 1 saturated carbocycles. The van der Waals surface area contributed by atoms with E-state index in [9.17, 15) is 9.59 Å². The van der Waals surface area contributed by atoms with Crippen molar-refractivity contribution in [1.29, 1.82) is 0 Å². The molecule has 0 aromatic heterocycles. The molecule has 2 aliphatic rings. The van der Waals surface area contributed by atoms with Crippen molar-refractivity contribution in [2.24, 2.45) is 11.8 Å². The van der Waals surface area contributed by atoms with E-state index in [-0.39, 0.29) is 24.5 Å². The average molecular weight is 382 g/mol. The lowest BCUT2D eigenvalue weighted by Crippen LogP contribution is -2.38. The van der Waals surface area contributed by atoms with Gasteiger partial charge in [-0.25, -0.2) is 9.69 Å². The molecule has 1 aromatic carbocycles. The molecule has 0 radical (unpaired) electrons. The first-order valence-corrected chi connectivity index (χ1v) is 10.7. The Balaban J connectivity index is 1.77. The number of carbonyl (C=O) groups excluding carboxylic acids is 2. The fourth-order valence-corrected chi connectivity index (χ4v) is 4.07. The number of rotatable bonds is 7. The Morgan fingerprint density at radius 1 is 1.25 bits per heavy atom. The number of nitrogens with zero attached hydrogens (tertiary/aromatic N) is 1. The molecule has 0 N–H and O–H groups in total. The average Bonchev–Trinajstić information content (AvgIpc) is 3.13. The molecule has 1 saturated heterocycles. The summed E-state index contributed by atoms with van der Waals surface area (Å²) in [4.78, 5) is 26.9. The van der Waals surface area contributed by atoms with Gasteiger partial charge < -0.3 is 4.74 Å². The minimum atomic E-state index is -0.537. The molecular formula is C24H31NO3. The van der Waals surface area contributed by atoms with Crippen molar-refractivity contribution in [3.8, 4) is 0 Å². The third-order valence-corrected chi connectivity index (χ3v) is 5.76. The monoisotopic (exact) mass is 381 g/mol. The van der Waals surface area contributed by atoms with Crippen LogP contribution in [0.15, 0.2) is 48.2 Å². The standard InChI is InChI=1S/C24H31NO3/c1-2-3-14-21(17-10-13-19-11-6-4-7-12-19)23(26)25-22(18-28-24(25)27)20-15-8-5-9-16-20/h5,8-9,13,15-17,19,21-22H,2-4,6-7,11-12,14,18H2,1H3/t10?,21-,22-/m1/s1. The van der Waals surface area contributed by atoms with Crippen molar-refractivity contribution >= 4 is 12.0 Å².